The first kappa shape index (κ1) is 11.1. The summed E-state index contributed by atoms with van der Waals surface area (Å²) in [6.45, 7) is 0.688. The predicted octanol–water partition coefficient (Wildman–Crippen LogP) is 2.41. The lowest BCUT2D eigenvalue weighted by Crippen LogP contribution is -2.17. The van der Waals surface area contributed by atoms with Crippen molar-refractivity contribution in [1.82, 2.24) is 15.0 Å². The quantitative estimate of drug-likeness (QED) is 0.772. The van der Waals surface area contributed by atoms with Crippen LogP contribution >= 0.6 is 0 Å². The van der Waals surface area contributed by atoms with Crippen molar-refractivity contribution in [2.24, 2.45) is 0 Å². The number of rotatable bonds is 4. The highest BCUT2D eigenvalue weighted by Crippen LogP contribution is 2.37. The van der Waals surface area contributed by atoms with Crippen molar-refractivity contribution in [3.05, 3.63) is 47.3 Å². The van der Waals surface area contributed by atoms with Gasteiger partial charge in [-0.25, -0.2) is 4.68 Å². The fourth-order valence-corrected chi connectivity index (χ4v) is 2.39. The number of carbonyl (C=O) groups is 1. The van der Waals surface area contributed by atoms with Crippen molar-refractivity contribution in [2.45, 2.75) is 31.7 Å². The highest BCUT2D eigenvalue weighted by molar-refractivity contribution is 5.73. The molecule has 1 aliphatic rings. The van der Waals surface area contributed by atoms with Crippen LogP contribution in [0.1, 0.15) is 46.9 Å². The molecular formula is C14H15N3O. The van der Waals surface area contributed by atoms with Crippen molar-refractivity contribution in [2.75, 3.05) is 0 Å². The molecule has 1 aromatic heterocycles. The summed E-state index contributed by atoms with van der Waals surface area (Å²) in [5.74, 6) is 0.462. The predicted molar refractivity (Wildman–Crippen MR) is 67.5 cm³/mol. The Labute approximate surface area is 106 Å². The lowest BCUT2D eigenvalue weighted by atomic mass is 9.82. The maximum absolute atomic E-state index is 11.0. The summed E-state index contributed by atoms with van der Waals surface area (Å²) in [5, 5.41) is 8.10. The van der Waals surface area contributed by atoms with Crippen LogP contribution in [0, 0.1) is 0 Å². The molecule has 0 N–H and O–H groups in total. The molecule has 0 saturated heterocycles. The Kier molecular flexibility index (Phi) is 2.92. The second-order valence-corrected chi connectivity index (χ2v) is 4.75. The lowest BCUT2D eigenvalue weighted by Gasteiger charge is -2.26. The maximum atomic E-state index is 11.0. The van der Waals surface area contributed by atoms with Gasteiger partial charge in [0.05, 0.1) is 12.2 Å². The van der Waals surface area contributed by atoms with Crippen LogP contribution in [0.15, 0.2) is 30.3 Å². The van der Waals surface area contributed by atoms with Crippen molar-refractivity contribution < 1.29 is 4.79 Å². The van der Waals surface area contributed by atoms with Gasteiger partial charge in [-0.05, 0) is 18.4 Å². The Bertz CT molecular complexity index is 543. The third kappa shape index (κ3) is 1.94. The summed E-state index contributed by atoms with van der Waals surface area (Å²) < 4.78 is 1.88. The van der Waals surface area contributed by atoms with Gasteiger partial charge in [0.1, 0.15) is 5.69 Å². The SMILES string of the molecule is O=Cc1nnn(Cc2ccccc2)c1C1CCC1. The topological polar surface area (TPSA) is 47.8 Å². The van der Waals surface area contributed by atoms with E-state index in [-0.39, 0.29) is 0 Å². The van der Waals surface area contributed by atoms with Gasteiger partial charge in [0.2, 0.25) is 0 Å². The molecule has 2 aromatic rings. The van der Waals surface area contributed by atoms with Crippen molar-refractivity contribution in [3.63, 3.8) is 0 Å². The summed E-state index contributed by atoms with van der Waals surface area (Å²) in [7, 11) is 0. The number of hydrogen-bond donors (Lipinski definition) is 0. The van der Waals surface area contributed by atoms with Crippen LogP contribution in [0.3, 0.4) is 0 Å². The van der Waals surface area contributed by atoms with Gasteiger partial charge in [0, 0.05) is 5.92 Å². The van der Waals surface area contributed by atoms with E-state index in [4.69, 9.17) is 0 Å². The standard InChI is InChI=1S/C14H15N3O/c18-10-13-14(12-7-4-8-12)17(16-15-13)9-11-5-2-1-3-6-11/h1-3,5-6,10,12H,4,7-9H2. The van der Waals surface area contributed by atoms with E-state index in [1.165, 1.54) is 12.0 Å². The molecule has 1 heterocycles. The second-order valence-electron chi connectivity index (χ2n) is 4.75. The number of aromatic nitrogens is 3. The number of aldehydes is 1. The van der Waals surface area contributed by atoms with Gasteiger partial charge in [-0.3, -0.25) is 4.79 Å². The Morgan fingerprint density at radius 3 is 2.67 bits per heavy atom. The Morgan fingerprint density at radius 2 is 2.06 bits per heavy atom. The number of hydrogen-bond acceptors (Lipinski definition) is 3. The lowest BCUT2D eigenvalue weighted by molar-refractivity contribution is 0.111. The van der Waals surface area contributed by atoms with E-state index in [9.17, 15) is 4.79 Å². The molecule has 1 aromatic carbocycles. The zero-order chi connectivity index (χ0) is 12.4. The van der Waals surface area contributed by atoms with Crippen LogP contribution in [-0.2, 0) is 6.54 Å². The molecule has 0 bridgehead atoms. The Balaban J connectivity index is 1.91. The molecule has 0 spiro atoms. The zero-order valence-corrected chi connectivity index (χ0v) is 10.1. The van der Waals surface area contributed by atoms with Gasteiger partial charge in [-0.1, -0.05) is 42.0 Å². The Morgan fingerprint density at radius 1 is 1.28 bits per heavy atom. The van der Waals surface area contributed by atoms with Crippen molar-refractivity contribution >= 4 is 6.29 Å². The number of carbonyl (C=O) groups excluding carboxylic acids is 1. The van der Waals surface area contributed by atoms with Crippen LogP contribution in [0.25, 0.3) is 0 Å². The number of nitrogens with zero attached hydrogens (tertiary/aromatic N) is 3. The zero-order valence-electron chi connectivity index (χ0n) is 10.1. The molecule has 1 saturated carbocycles. The summed E-state index contributed by atoms with van der Waals surface area (Å²) >= 11 is 0. The van der Waals surface area contributed by atoms with Crippen LogP contribution in [-0.4, -0.2) is 21.3 Å². The van der Waals surface area contributed by atoms with E-state index in [2.05, 4.69) is 22.4 Å². The van der Waals surface area contributed by atoms with E-state index in [1.54, 1.807) is 0 Å². The van der Waals surface area contributed by atoms with E-state index in [0.29, 0.717) is 18.2 Å². The fourth-order valence-electron chi connectivity index (χ4n) is 2.39. The molecule has 1 aliphatic carbocycles. The normalized spacial score (nSPS) is 15.3. The molecule has 18 heavy (non-hydrogen) atoms. The molecule has 0 unspecified atom stereocenters. The van der Waals surface area contributed by atoms with E-state index in [0.717, 1.165) is 24.8 Å². The molecule has 0 aliphatic heterocycles. The van der Waals surface area contributed by atoms with Crippen LogP contribution in [0.4, 0.5) is 0 Å². The van der Waals surface area contributed by atoms with Crippen LogP contribution < -0.4 is 0 Å². The minimum Gasteiger partial charge on any atom is -0.296 e. The van der Waals surface area contributed by atoms with E-state index >= 15 is 0 Å². The summed E-state index contributed by atoms with van der Waals surface area (Å²) in [6.07, 6.45) is 4.34. The average molecular weight is 241 g/mol. The molecule has 4 nitrogen and oxygen atoms in total. The first-order valence-electron chi connectivity index (χ1n) is 6.31. The van der Waals surface area contributed by atoms with Gasteiger partial charge in [0.25, 0.3) is 0 Å². The first-order chi connectivity index (χ1) is 8.88. The summed E-state index contributed by atoms with van der Waals surface area (Å²) in [4.78, 5) is 11.0. The molecule has 3 rings (SSSR count). The summed E-state index contributed by atoms with van der Waals surface area (Å²) in [5.41, 5.74) is 2.70. The van der Waals surface area contributed by atoms with Crippen LogP contribution in [0.5, 0.6) is 0 Å². The van der Waals surface area contributed by atoms with Crippen molar-refractivity contribution in [1.29, 1.82) is 0 Å². The van der Waals surface area contributed by atoms with Gasteiger partial charge < -0.3 is 0 Å². The van der Waals surface area contributed by atoms with E-state index < -0.39 is 0 Å². The molecule has 0 amide bonds. The van der Waals surface area contributed by atoms with Crippen molar-refractivity contribution in [3.8, 4) is 0 Å². The van der Waals surface area contributed by atoms with Gasteiger partial charge in [-0.15, -0.1) is 5.10 Å². The maximum Gasteiger partial charge on any atom is 0.172 e. The van der Waals surface area contributed by atoms with Gasteiger partial charge in [-0.2, -0.15) is 0 Å². The molecular weight excluding hydrogens is 226 g/mol. The highest BCUT2D eigenvalue weighted by atomic mass is 16.1. The molecule has 1 fully saturated rings. The molecule has 4 heteroatoms. The average Bonchev–Trinajstić information content (AvgIpc) is 2.72. The minimum atomic E-state index is 0.462. The third-order valence-corrected chi connectivity index (χ3v) is 3.58. The largest absolute Gasteiger partial charge is 0.296 e. The van der Waals surface area contributed by atoms with Gasteiger partial charge >= 0.3 is 0 Å². The second kappa shape index (κ2) is 4.72. The minimum absolute atomic E-state index is 0.462. The van der Waals surface area contributed by atoms with E-state index in [1.807, 2.05) is 22.9 Å². The third-order valence-electron chi connectivity index (χ3n) is 3.58. The molecule has 92 valence electrons. The Hall–Kier alpha value is -1.97. The number of benzene rings is 1. The smallest absolute Gasteiger partial charge is 0.172 e. The highest BCUT2D eigenvalue weighted by Gasteiger charge is 2.27. The first-order valence-corrected chi connectivity index (χ1v) is 6.31. The summed E-state index contributed by atoms with van der Waals surface area (Å²) in [6, 6.07) is 10.1. The van der Waals surface area contributed by atoms with Crippen LogP contribution in [0.2, 0.25) is 0 Å². The van der Waals surface area contributed by atoms with Gasteiger partial charge in [0.15, 0.2) is 6.29 Å². The molecule has 0 atom stereocenters. The monoisotopic (exact) mass is 241 g/mol. The molecule has 0 radical (unpaired) electrons. The fraction of sp³-hybridized carbons (Fsp3) is 0.357.